The van der Waals surface area contributed by atoms with E-state index in [-0.39, 0.29) is 18.4 Å². The van der Waals surface area contributed by atoms with E-state index in [0.29, 0.717) is 32.6 Å². The summed E-state index contributed by atoms with van der Waals surface area (Å²) in [5, 5.41) is 4.45. The molecule has 0 aliphatic carbocycles. The SMILES string of the molecule is CC(C)(C)OC(=O)NCC(=O)N1CCCN(C(=O)Cc2cccs2)CC1. The summed E-state index contributed by atoms with van der Waals surface area (Å²) in [4.78, 5) is 40.9. The van der Waals surface area contributed by atoms with E-state index in [1.807, 2.05) is 22.4 Å². The Morgan fingerprint density at radius 1 is 1.12 bits per heavy atom. The van der Waals surface area contributed by atoms with Gasteiger partial charge in [0.2, 0.25) is 11.8 Å². The van der Waals surface area contributed by atoms with Gasteiger partial charge < -0.3 is 19.9 Å². The lowest BCUT2D eigenvalue weighted by molar-refractivity contribution is -0.132. The molecule has 7 nitrogen and oxygen atoms in total. The second-order valence-corrected chi connectivity index (χ2v) is 8.26. The van der Waals surface area contributed by atoms with Gasteiger partial charge in [-0.3, -0.25) is 9.59 Å². The molecule has 3 amide bonds. The Kier molecular flexibility index (Phi) is 7.02. The molecule has 0 radical (unpaired) electrons. The number of nitrogens with zero attached hydrogens (tertiary/aromatic N) is 2. The second kappa shape index (κ2) is 9.02. The predicted octanol–water partition coefficient (Wildman–Crippen LogP) is 1.88. The Morgan fingerprint density at radius 2 is 1.77 bits per heavy atom. The number of ether oxygens (including phenoxy) is 1. The minimum Gasteiger partial charge on any atom is -0.444 e. The third kappa shape index (κ3) is 6.67. The van der Waals surface area contributed by atoms with Gasteiger partial charge in [0, 0.05) is 31.1 Å². The van der Waals surface area contributed by atoms with E-state index in [2.05, 4.69) is 5.32 Å². The number of hydrogen-bond donors (Lipinski definition) is 1. The van der Waals surface area contributed by atoms with Crippen LogP contribution < -0.4 is 5.32 Å². The van der Waals surface area contributed by atoms with Crippen molar-refractivity contribution in [1.82, 2.24) is 15.1 Å². The summed E-state index contributed by atoms with van der Waals surface area (Å²) in [7, 11) is 0. The molecule has 0 spiro atoms. The second-order valence-electron chi connectivity index (χ2n) is 7.23. The van der Waals surface area contributed by atoms with Crippen molar-refractivity contribution in [2.75, 3.05) is 32.7 Å². The number of hydrogen-bond acceptors (Lipinski definition) is 5. The third-order valence-corrected chi connectivity index (χ3v) is 4.77. The molecule has 8 heteroatoms. The quantitative estimate of drug-likeness (QED) is 0.864. The lowest BCUT2D eigenvalue weighted by atomic mass is 10.2. The molecule has 1 aromatic rings. The molecule has 2 heterocycles. The third-order valence-electron chi connectivity index (χ3n) is 3.89. The minimum atomic E-state index is -0.603. The molecule has 0 aromatic carbocycles. The first-order chi connectivity index (χ1) is 12.2. The maximum absolute atomic E-state index is 12.4. The van der Waals surface area contributed by atoms with E-state index in [1.165, 1.54) is 0 Å². The van der Waals surface area contributed by atoms with E-state index in [4.69, 9.17) is 4.74 Å². The lowest BCUT2D eigenvalue weighted by Crippen LogP contribution is -2.43. The van der Waals surface area contributed by atoms with E-state index in [9.17, 15) is 14.4 Å². The summed E-state index contributed by atoms with van der Waals surface area (Å²) in [6.45, 7) is 7.43. The number of carbonyl (C=O) groups is 3. The first-order valence-electron chi connectivity index (χ1n) is 8.79. The number of thiophene rings is 1. The average Bonchev–Trinajstić information content (AvgIpc) is 2.92. The van der Waals surface area contributed by atoms with Gasteiger partial charge in [0.15, 0.2) is 0 Å². The Labute approximate surface area is 158 Å². The van der Waals surface area contributed by atoms with Crippen molar-refractivity contribution in [3.05, 3.63) is 22.4 Å². The van der Waals surface area contributed by atoms with Crippen molar-refractivity contribution in [1.29, 1.82) is 0 Å². The van der Waals surface area contributed by atoms with Crippen LogP contribution in [0.5, 0.6) is 0 Å². The molecule has 0 atom stereocenters. The van der Waals surface area contributed by atoms with Crippen LogP contribution in [0.2, 0.25) is 0 Å². The molecule has 1 N–H and O–H groups in total. The molecule has 144 valence electrons. The number of amides is 3. The highest BCUT2D eigenvalue weighted by Crippen LogP contribution is 2.12. The van der Waals surface area contributed by atoms with Gasteiger partial charge in [-0.2, -0.15) is 0 Å². The molecule has 1 aliphatic heterocycles. The maximum atomic E-state index is 12.4. The van der Waals surface area contributed by atoms with Crippen LogP contribution in [0.4, 0.5) is 4.79 Å². The highest BCUT2D eigenvalue weighted by atomic mass is 32.1. The van der Waals surface area contributed by atoms with Gasteiger partial charge in [0.05, 0.1) is 6.42 Å². The van der Waals surface area contributed by atoms with Crippen LogP contribution in [0.3, 0.4) is 0 Å². The van der Waals surface area contributed by atoms with Gasteiger partial charge in [-0.25, -0.2) is 4.79 Å². The Hall–Kier alpha value is -2.09. The van der Waals surface area contributed by atoms with Crippen LogP contribution in [-0.2, 0) is 20.7 Å². The summed E-state index contributed by atoms with van der Waals surface area (Å²) in [6.07, 6.45) is 0.536. The Bertz CT molecular complexity index is 625. The molecule has 1 fully saturated rings. The molecule has 0 saturated carbocycles. The highest BCUT2D eigenvalue weighted by Gasteiger charge is 2.23. The summed E-state index contributed by atoms with van der Waals surface area (Å²) >= 11 is 1.57. The van der Waals surface area contributed by atoms with Crippen LogP contribution in [0.1, 0.15) is 32.1 Å². The van der Waals surface area contributed by atoms with Crippen molar-refractivity contribution in [2.45, 2.75) is 39.2 Å². The first-order valence-corrected chi connectivity index (χ1v) is 9.67. The Morgan fingerprint density at radius 3 is 2.35 bits per heavy atom. The smallest absolute Gasteiger partial charge is 0.408 e. The fraction of sp³-hybridized carbons (Fsp3) is 0.611. The summed E-state index contributed by atoms with van der Waals surface area (Å²) in [5.74, 6) is -0.0722. The van der Waals surface area contributed by atoms with Crippen LogP contribution in [0, 0.1) is 0 Å². The van der Waals surface area contributed by atoms with Crippen LogP contribution in [0.25, 0.3) is 0 Å². The largest absolute Gasteiger partial charge is 0.444 e. The normalized spacial score (nSPS) is 15.3. The maximum Gasteiger partial charge on any atom is 0.408 e. The number of alkyl carbamates (subject to hydrolysis) is 1. The molecule has 0 unspecified atom stereocenters. The predicted molar refractivity (Wildman–Crippen MR) is 100 cm³/mol. The first kappa shape index (κ1) is 20.2. The van der Waals surface area contributed by atoms with Crippen molar-refractivity contribution < 1.29 is 19.1 Å². The molecule has 1 aromatic heterocycles. The molecule has 26 heavy (non-hydrogen) atoms. The molecule has 0 bridgehead atoms. The van der Waals surface area contributed by atoms with Crippen molar-refractivity contribution in [2.24, 2.45) is 0 Å². The van der Waals surface area contributed by atoms with Crippen LogP contribution in [-0.4, -0.2) is 66.0 Å². The van der Waals surface area contributed by atoms with E-state index in [1.54, 1.807) is 37.0 Å². The number of nitrogens with one attached hydrogen (secondary N) is 1. The van der Waals surface area contributed by atoms with Gasteiger partial charge in [-0.1, -0.05) is 6.07 Å². The molecule has 2 rings (SSSR count). The van der Waals surface area contributed by atoms with E-state index < -0.39 is 11.7 Å². The van der Waals surface area contributed by atoms with Crippen molar-refractivity contribution in [3.8, 4) is 0 Å². The number of rotatable bonds is 4. The van der Waals surface area contributed by atoms with E-state index >= 15 is 0 Å². The monoisotopic (exact) mass is 381 g/mol. The lowest BCUT2D eigenvalue weighted by Gasteiger charge is -2.23. The van der Waals surface area contributed by atoms with Crippen LogP contribution >= 0.6 is 11.3 Å². The standard InChI is InChI=1S/C18H27N3O4S/c1-18(2,3)25-17(24)19-13-16(23)21-8-5-7-20(9-10-21)15(22)12-14-6-4-11-26-14/h4,6,11H,5,7-10,12-13H2,1-3H3,(H,19,24). The Balaban J connectivity index is 1.77. The topological polar surface area (TPSA) is 79.0 Å². The fourth-order valence-electron chi connectivity index (χ4n) is 2.66. The average molecular weight is 381 g/mol. The summed E-state index contributed by atoms with van der Waals surface area (Å²) in [6, 6.07) is 3.90. The molecular weight excluding hydrogens is 354 g/mol. The molecular formula is C18H27N3O4S. The van der Waals surface area contributed by atoms with Gasteiger partial charge in [-0.15, -0.1) is 11.3 Å². The fourth-order valence-corrected chi connectivity index (χ4v) is 3.36. The molecule has 1 saturated heterocycles. The van der Waals surface area contributed by atoms with Crippen molar-refractivity contribution in [3.63, 3.8) is 0 Å². The minimum absolute atomic E-state index is 0.0913. The van der Waals surface area contributed by atoms with Gasteiger partial charge >= 0.3 is 6.09 Å². The zero-order chi connectivity index (χ0) is 19.2. The van der Waals surface area contributed by atoms with Crippen LogP contribution in [0.15, 0.2) is 17.5 Å². The van der Waals surface area contributed by atoms with Gasteiger partial charge in [0.1, 0.15) is 12.1 Å². The van der Waals surface area contributed by atoms with Gasteiger partial charge in [-0.05, 0) is 38.6 Å². The van der Waals surface area contributed by atoms with Gasteiger partial charge in [0.25, 0.3) is 0 Å². The van der Waals surface area contributed by atoms with E-state index in [0.717, 1.165) is 11.3 Å². The molecule has 1 aliphatic rings. The summed E-state index contributed by atoms with van der Waals surface area (Å²) < 4.78 is 5.13. The number of carbonyl (C=O) groups excluding carboxylic acids is 3. The summed E-state index contributed by atoms with van der Waals surface area (Å²) in [5.41, 5.74) is -0.598. The highest BCUT2D eigenvalue weighted by molar-refractivity contribution is 7.10. The zero-order valence-electron chi connectivity index (χ0n) is 15.6. The zero-order valence-corrected chi connectivity index (χ0v) is 16.4. The van der Waals surface area contributed by atoms with Crippen molar-refractivity contribution >= 4 is 29.2 Å².